The molecule has 1 aromatic heterocycles. The Bertz CT molecular complexity index is 723. The average Bonchev–Trinajstić information content (AvgIpc) is 2.46. The standard InChI is InChI=1S/C18H24FNO2Si/c1-18(2,3)23(4,5)22-11-9-17-14-6-7-16(19)15(12-21)13(14)8-10-20-17/h6-8,10,12H,9,11H2,1-5H3. The highest BCUT2D eigenvalue weighted by molar-refractivity contribution is 6.74. The number of carbonyl (C=O) groups excluding carboxylic acids is 1. The van der Waals surface area contributed by atoms with Crippen molar-refractivity contribution in [2.24, 2.45) is 0 Å². The highest BCUT2D eigenvalue weighted by Gasteiger charge is 2.36. The van der Waals surface area contributed by atoms with Gasteiger partial charge in [-0.15, -0.1) is 0 Å². The number of benzene rings is 1. The molecule has 0 saturated carbocycles. The Balaban J connectivity index is 2.24. The van der Waals surface area contributed by atoms with Crippen molar-refractivity contribution in [3.05, 3.63) is 41.5 Å². The van der Waals surface area contributed by atoms with Gasteiger partial charge in [-0.3, -0.25) is 9.78 Å². The van der Waals surface area contributed by atoms with Crippen LogP contribution in [0.4, 0.5) is 4.39 Å². The van der Waals surface area contributed by atoms with Gasteiger partial charge in [-0.05, 0) is 41.7 Å². The van der Waals surface area contributed by atoms with E-state index in [-0.39, 0.29) is 10.6 Å². The molecule has 0 unspecified atom stereocenters. The summed E-state index contributed by atoms with van der Waals surface area (Å²) in [6.07, 6.45) is 2.83. The van der Waals surface area contributed by atoms with E-state index in [1.807, 2.05) is 0 Å². The number of pyridine rings is 1. The van der Waals surface area contributed by atoms with E-state index in [1.54, 1.807) is 18.3 Å². The molecule has 124 valence electrons. The smallest absolute Gasteiger partial charge is 0.191 e. The van der Waals surface area contributed by atoms with E-state index in [0.29, 0.717) is 24.7 Å². The zero-order valence-corrected chi connectivity index (χ0v) is 15.4. The molecule has 0 N–H and O–H groups in total. The number of fused-ring (bicyclic) bond motifs is 1. The number of carbonyl (C=O) groups is 1. The number of halogens is 1. The van der Waals surface area contributed by atoms with Crippen molar-refractivity contribution >= 4 is 25.4 Å². The summed E-state index contributed by atoms with van der Waals surface area (Å²) < 4.78 is 19.9. The van der Waals surface area contributed by atoms with Crippen molar-refractivity contribution in [3.8, 4) is 0 Å². The highest BCUT2D eigenvalue weighted by atomic mass is 28.4. The predicted octanol–water partition coefficient (Wildman–Crippen LogP) is 4.75. The van der Waals surface area contributed by atoms with Crippen LogP contribution in [0.5, 0.6) is 0 Å². The first-order valence-electron chi connectivity index (χ1n) is 7.82. The maximum atomic E-state index is 13.7. The zero-order valence-electron chi connectivity index (χ0n) is 14.4. The quantitative estimate of drug-likeness (QED) is 0.585. The molecular weight excluding hydrogens is 309 g/mol. The van der Waals surface area contributed by atoms with Crippen molar-refractivity contribution in [1.29, 1.82) is 0 Å². The summed E-state index contributed by atoms with van der Waals surface area (Å²) in [5, 5.41) is 1.58. The van der Waals surface area contributed by atoms with Gasteiger partial charge in [0, 0.05) is 24.6 Å². The molecular formula is C18H24FNO2Si. The van der Waals surface area contributed by atoms with Gasteiger partial charge in [-0.1, -0.05) is 20.8 Å². The number of aromatic nitrogens is 1. The first-order valence-corrected chi connectivity index (χ1v) is 10.7. The largest absolute Gasteiger partial charge is 0.416 e. The van der Waals surface area contributed by atoms with Crippen LogP contribution in [0, 0.1) is 5.82 Å². The van der Waals surface area contributed by atoms with E-state index >= 15 is 0 Å². The third-order valence-corrected chi connectivity index (χ3v) is 9.28. The van der Waals surface area contributed by atoms with Crippen LogP contribution in [-0.2, 0) is 10.8 Å². The van der Waals surface area contributed by atoms with E-state index < -0.39 is 14.1 Å². The molecule has 1 aromatic carbocycles. The average molecular weight is 333 g/mol. The normalized spacial score (nSPS) is 12.6. The minimum Gasteiger partial charge on any atom is -0.416 e. The monoisotopic (exact) mass is 333 g/mol. The molecule has 0 fully saturated rings. The fourth-order valence-electron chi connectivity index (χ4n) is 2.25. The second-order valence-corrected chi connectivity index (χ2v) is 12.1. The molecule has 2 aromatic rings. The lowest BCUT2D eigenvalue weighted by atomic mass is 10.0. The van der Waals surface area contributed by atoms with Crippen molar-refractivity contribution in [1.82, 2.24) is 4.98 Å². The van der Waals surface area contributed by atoms with E-state index in [0.717, 1.165) is 11.1 Å². The van der Waals surface area contributed by atoms with E-state index in [1.165, 1.54) is 6.07 Å². The highest BCUT2D eigenvalue weighted by Crippen LogP contribution is 2.36. The van der Waals surface area contributed by atoms with Crippen LogP contribution in [0.1, 0.15) is 36.8 Å². The summed E-state index contributed by atoms with van der Waals surface area (Å²) in [4.78, 5) is 15.5. The Morgan fingerprint density at radius 3 is 2.52 bits per heavy atom. The van der Waals surface area contributed by atoms with E-state index in [2.05, 4.69) is 38.8 Å². The molecule has 0 aliphatic rings. The van der Waals surface area contributed by atoms with Gasteiger partial charge in [0.25, 0.3) is 0 Å². The summed E-state index contributed by atoms with van der Waals surface area (Å²) in [6.45, 7) is 11.6. The maximum Gasteiger partial charge on any atom is 0.191 e. The van der Waals surface area contributed by atoms with Crippen LogP contribution in [0.3, 0.4) is 0 Å². The molecule has 0 bridgehead atoms. The molecule has 1 heterocycles. The Labute approximate surface area is 138 Å². The summed E-state index contributed by atoms with van der Waals surface area (Å²) >= 11 is 0. The lowest BCUT2D eigenvalue weighted by Gasteiger charge is -2.36. The summed E-state index contributed by atoms with van der Waals surface area (Å²) in [6, 6.07) is 4.69. The molecule has 0 aliphatic heterocycles. The predicted molar refractivity (Wildman–Crippen MR) is 93.9 cm³/mol. The van der Waals surface area contributed by atoms with Crippen LogP contribution in [0.25, 0.3) is 10.8 Å². The van der Waals surface area contributed by atoms with E-state index in [9.17, 15) is 9.18 Å². The van der Waals surface area contributed by atoms with Gasteiger partial charge in [-0.25, -0.2) is 4.39 Å². The molecule has 0 spiro atoms. The van der Waals surface area contributed by atoms with Crippen LogP contribution >= 0.6 is 0 Å². The molecule has 0 aliphatic carbocycles. The summed E-state index contributed by atoms with van der Waals surface area (Å²) in [7, 11) is -1.80. The van der Waals surface area contributed by atoms with Gasteiger partial charge < -0.3 is 4.43 Å². The molecule has 0 radical (unpaired) electrons. The molecule has 3 nitrogen and oxygen atoms in total. The van der Waals surface area contributed by atoms with Crippen LogP contribution in [0.15, 0.2) is 24.4 Å². The van der Waals surface area contributed by atoms with Crippen LogP contribution in [-0.4, -0.2) is 26.2 Å². The number of rotatable bonds is 5. The SMILES string of the molecule is CC(C)(C)[Si](C)(C)OCCc1nccc2c(C=O)c(F)ccc12. The molecule has 0 atom stereocenters. The second-order valence-electron chi connectivity index (χ2n) is 7.29. The third kappa shape index (κ3) is 3.67. The van der Waals surface area contributed by atoms with Gasteiger partial charge in [0.2, 0.25) is 0 Å². The molecule has 5 heteroatoms. The van der Waals surface area contributed by atoms with Gasteiger partial charge in [0.05, 0.1) is 11.3 Å². The lowest BCUT2D eigenvalue weighted by molar-refractivity contribution is 0.112. The second kappa shape index (κ2) is 6.49. The third-order valence-electron chi connectivity index (χ3n) is 4.74. The van der Waals surface area contributed by atoms with E-state index in [4.69, 9.17) is 4.43 Å². The summed E-state index contributed by atoms with van der Waals surface area (Å²) in [5.41, 5.74) is 0.931. The Hall–Kier alpha value is -1.59. The minimum absolute atomic E-state index is 0.0939. The number of nitrogens with zero attached hydrogens (tertiary/aromatic N) is 1. The Morgan fingerprint density at radius 1 is 1.22 bits per heavy atom. The topological polar surface area (TPSA) is 39.2 Å². The van der Waals surface area contributed by atoms with Crippen molar-refractivity contribution in [3.63, 3.8) is 0 Å². The molecule has 2 rings (SSSR count). The fraction of sp³-hybridized carbons (Fsp3) is 0.444. The molecule has 0 amide bonds. The van der Waals surface area contributed by atoms with Crippen molar-refractivity contribution in [2.45, 2.75) is 45.3 Å². The molecule has 0 saturated heterocycles. The van der Waals surface area contributed by atoms with Gasteiger partial charge >= 0.3 is 0 Å². The summed E-state index contributed by atoms with van der Waals surface area (Å²) in [5.74, 6) is -0.498. The number of aldehydes is 1. The van der Waals surface area contributed by atoms with Gasteiger partial charge in [-0.2, -0.15) is 0 Å². The zero-order chi connectivity index (χ0) is 17.3. The lowest BCUT2D eigenvalue weighted by Crippen LogP contribution is -2.41. The van der Waals surface area contributed by atoms with Crippen LogP contribution in [0.2, 0.25) is 18.1 Å². The fourth-order valence-corrected chi connectivity index (χ4v) is 3.30. The first kappa shape index (κ1) is 17.8. The number of hydrogen-bond acceptors (Lipinski definition) is 3. The van der Waals surface area contributed by atoms with Gasteiger partial charge in [0.1, 0.15) is 5.82 Å². The van der Waals surface area contributed by atoms with Crippen molar-refractivity contribution in [2.75, 3.05) is 6.61 Å². The minimum atomic E-state index is -1.80. The molecule has 23 heavy (non-hydrogen) atoms. The van der Waals surface area contributed by atoms with Gasteiger partial charge in [0.15, 0.2) is 14.6 Å². The Morgan fingerprint density at radius 2 is 1.91 bits per heavy atom. The van der Waals surface area contributed by atoms with Crippen LogP contribution < -0.4 is 0 Å². The Kier molecular flexibility index (Phi) is 5.01. The maximum absolute atomic E-state index is 13.7. The van der Waals surface area contributed by atoms with Crippen molar-refractivity contribution < 1.29 is 13.6 Å². The first-order chi connectivity index (χ1) is 10.7. The number of hydrogen-bond donors (Lipinski definition) is 0.